The van der Waals surface area contributed by atoms with Crippen LogP contribution in [0.2, 0.25) is 0 Å². The van der Waals surface area contributed by atoms with E-state index in [1.165, 1.54) is 54.6 Å². The largest absolute Gasteiger partial charge is 0.454 e. The Balaban J connectivity index is 1.28. The third-order valence-electron chi connectivity index (χ3n) is 8.87. The van der Waals surface area contributed by atoms with Crippen LogP contribution in [0.1, 0.15) is 18.2 Å². The lowest BCUT2D eigenvalue weighted by Crippen LogP contribution is -2.32. The minimum atomic E-state index is -0.241. The Kier molecular flexibility index (Phi) is 4.25. The predicted octanol–water partition coefficient (Wildman–Crippen LogP) is 9.62. The quantitative estimate of drug-likeness (QED) is 0.225. The Hall–Kier alpha value is -5.02. The molecule has 0 N–H and O–H groups in total. The minimum Gasteiger partial charge on any atom is -0.454 e. The lowest BCUT2D eigenvalue weighted by Gasteiger charge is -2.32. The lowest BCUT2D eigenvalue weighted by atomic mass is 9.86. The monoisotopic (exact) mass is 514 g/mol. The second-order valence-electron chi connectivity index (χ2n) is 11.2. The molecule has 1 aliphatic carbocycles. The van der Waals surface area contributed by atoms with E-state index < -0.39 is 0 Å². The summed E-state index contributed by atoms with van der Waals surface area (Å²) in [5.74, 6) is 0.960. The summed E-state index contributed by atoms with van der Waals surface area (Å²) in [4.78, 5) is 0. The highest BCUT2D eigenvalue weighted by molar-refractivity contribution is 6.11. The number of furan rings is 1. The van der Waals surface area contributed by atoms with Gasteiger partial charge in [0.15, 0.2) is 5.58 Å². The molecule has 3 nitrogen and oxygen atoms in total. The van der Waals surface area contributed by atoms with Crippen molar-refractivity contribution in [2.75, 3.05) is 0 Å². The number of fused-ring (bicyclic) bond motifs is 9. The first kappa shape index (κ1) is 21.9. The average molecular weight is 515 g/mol. The van der Waals surface area contributed by atoms with Gasteiger partial charge in [-0.15, -0.1) is 0 Å². The van der Waals surface area contributed by atoms with Crippen molar-refractivity contribution in [3.63, 3.8) is 0 Å². The number of nitrogens with zero attached hydrogens (tertiary/aromatic N) is 2. The van der Waals surface area contributed by atoms with E-state index in [1.54, 1.807) is 0 Å². The molecule has 0 amide bonds. The minimum absolute atomic E-state index is 0.241. The predicted molar refractivity (Wildman–Crippen MR) is 166 cm³/mol. The highest BCUT2D eigenvalue weighted by atomic mass is 16.3. The molecule has 0 fully saturated rings. The highest BCUT2D eigenvalue weighted by Gasteiger charge is 2.34. The highest BCUT2D eigenvalue weighted by Crippen LogP contribution is 2.44. The van der Waals surface area contributed by atoms with Crippen LogP contribution in [0.25, 0.3) is 66.3 Å². The van der Waals surface area contributed by atoms with Gasteiger partial charge in [0.25, 0.3) is 0 Å². The summed E-state index contributed by atoms with van der Waals surface area (Å²) in [7, 11) is 0. The van der Waals surface area contributed by atoms with Crippen LogP contribution in [0.5, 0.6) is 0 Å². The average Bonchev–Trinajstić information content (AvgIpc) is 3.65. The van der Waals surface area contributed by atoms with Crippen LogP contribution < -0.4 is 0 Å². The van der Waals surface area contributed by atoms with E-state index in [1.807, 2.05) is 0 Å². The fraction of sp³-hybridized carbons (Fsp3) is 0.0811. The van der Waals surface area contributed by atoms with Gasteiger partial charge in [0, 0.05) is 49.9 Å². The topological polar surface area (TPSA) is 23.0 Å². The summed E-state index contributed by atoms with van der Waals surface area (Å²) in [5.41, 5.74) is 7.95. The van der Waals surface area contributed by atoms with Crippen molar-refractivity contribution in [1.29, 1.82) is 0 Å². The summed E-state index contributed by atoms with van der Waals surface area (Å²) in [6.45, 7) is 2.35. The third kappa shape index (κ3) is 2.79. The molecule has 3 heterocycles. The summed E-state index contributed by atoms with van der Waals surface area (Å²) in [6, 6.07) is 41.4. The molecular formula is C37H26N2O. The van der Waals surface area contributed by atoms with Gasteiger partial charge in [-0.05, 0) is 43.3 Å². The molecule has 0 saturated carbocycles. The van der Waals surface area contributed by atoms with E-state index >= 15 is 0 Å². The van der Waals surface area contributed by atoms with Crippen molar-refractivity contribution in [1.82, 2.24) is 9.13 Å². The number of rotatable bonds is 2. The number of aromatic nitrogens is 2. The number of benzene rings is 5. The summed E-state index contributed by atoms with van der Waals surface area (Å²) in [5, 5.41) is 6.29. The van der Waals surface area contributed by atoms with Crippen molar-refractivity contribution < 1.29 is 4.42 Å². The van der Waals surface area contributed by atoms with Gasteiger partial charge in [-0.1, -0.05) is 91.0 Å². The van der Waals surface area contributed by atoms with E-state index in [4.69, 9.17) is 4.42 Å². The molecule has 3 aromatic heterocycles. The Labute approximate surface area is 231 Å². The number of hydrogen-bond donors (Lipinski definition) is 0. The molecule has 190 valence electrons. The molecule has 0 radical (unpaired) electrons. The number of para-hydroxylation sites is 5. The van der Waals surface area contributed by atoms with Crippen LogP contribution in [-0.4, -0.2) is 9.13 Å². The maximum absolute atomic E-state index is 6.71. The van der Waals surface area contributed by atoms with Gasteiger partial charge in [-0.2, -0.15) is 0 Å². The fourth-order valence-electron chi connectivity index (χ4n) is 7.15. The van der Waals surface area contributed by atoms with Crippen LogP contribution in [0.3, 0.4) is 0 Å². The zero-order valence-electron chi connectivity index (χ0n) is 22.1. The molecule has 1 unspecified atom stereocenters. The van der Waals surface area contributed by atoms with Crippen LogP contribution in [0.4, 0.5) is 0 Å². The van der Waals surface area contributed by atoms with Gasteiger partial charge >= 0.3 is 0 Å². The van der Waals surface area contributed by atoms with Gasteiger partial charge in [0.05, 0.1) is 22.3 Å². The molecule has 0 bridgehead atoms. The maximum Gasteiger partial charge on any atom is 0.159 e. The first-order valence-corrected chi connectivity index (χ1v) is 13.9. The van der Waals surface area contributed by atoms with Gasteiger partial charge < -0.3 is 13.6 Å². The maximum atomic E-state index is 6.71. The van der Waals surface area contributed by atoms with Gasteiger partial charge in [0.1, 0.15) is 5.76 Å². The van der Waals surface area contributed by atoms with Crippen LogP contribution in [-0.2, 0) is 12.0 Å². The molecule has 3 heteroatoms. The van der Waals surface area contributed by atoms with Gasteiger partial charge in [-0.3, -0.25) is 0 Å². The van der Waals surface area contributed by atoms with Crippen molar-refractivity contribution >= 4 is 60.7 Å². The van der Waals surface area contributed by atoms with Crippen molar-refractivity contribution in [2.24, 2.45) is 0 Å². The molecule has 0 aliphatic heterocycles. The fourth-order valence-corrected chi connectivity index (χ4v) is 7.15. The lowest BCUT2D eigenvalue weighted by molar-refractivity contribution is 0.425. The second kappa shape index (κ2) is 7.77. The van der Waals surface area contributed by atoms with Gasteiger partial charge in [-0.25, -0.2) is 0 Å². The van der Waals surface area contributed by atoms with E-state index in [0.29, 0.717) is 0 Å². The smallest absolute Gasteiger partial charge is 0.159 e. The van der Waals surface area contributed by atoms with Crippen molar-refractivity contribution in [3.8, 4) is 5.69 Å². The molecule has 1 aliphatic rings. The van der Waals surface area contributed by atoms with Gasteiger partial charge in [0.2, 0.25) is 0 Å². The number of allylic oxidation sites excluding steroid dienone is 1. The molecule has 5 aromatic carbocycles. The van der Waals surface area contributed by atoms with E-state index in [-0.39, 0.29) is 5.54 Å². The Morgan fingerprint density at radius 1 is 0.575 bits per heavy atom. The molecule has 8 aromatic rings. The van der Waals surface area contributed by atoms with Crippen molar-refractivity contribution in [2.45, 2.75) is 18.9 Å². The second-order valence-corrected chi connectivity index (χ2v) is 11.2. The molecule has 1 atom stereocenters. The van der Waals surface area contributed by atoms with E-state index in [2.05, 4.69) is 143 Å². The summed E-state index contributed by atoms with van der Waals surface area (Å²) >= 11 is 0. The molecule has 0 saturated heterocycles. The zero-order valence-corrected chi connectivity index (χ0v) is 22.1. The first-order chi connectivity index (χ1) is 19.7. The molecule has 0 spiro atoms. The van der Waals surface area contributed by atoms with Crippen molar-refractivity contribution in [3.05, 3.63) is 133 Å². The standard InChI is InChI=1S/C37H26N2O/c1-37(39-32-18-8-4-13-26(32)27-14-5-9-19-33(27)39)22-21-35-29(23-37)28-15-10-20-34(36(28)40-35)38-30-16-6-2-11-24(30)25-12-3-7-17-31(25)38/h2-22H,23H2,1H3. The molecule has 9 rings (SSSR count). The Bertz CT molecular complexity index is 2220. The van der Waals surface area contributed by atoms with Crippen LogP contribution in [0, 0.1) is 0 Å². The zero-order chi connectivity index (χ0) is 26.4. The number of hydrogen-bond acceptors (Lipinski definition) is 1. The summed E-state index contributed by atoms with van der Waals surface area (Å²) in [6.07, 6.45) is 5.37. The van der Waals surface area contributed by atoms with E-state index in [0.717, 1.165) is 23.5 Å². The normalized spacial score (nSPS) is 17.0. The van der Waals surface area contributed by atoms with Crippen LogP contribution >= 0.6 is 0 Å². The molecule has 40 heavy (non-hydrogen) atoms. The van der Waals surface area contributed by atoms with Crippen LogP contribution in [0.15, 0.2) is 126 Å². The Morgan fingerprint density at radius 2 is 1.07 bits per heavy atom. The summed E-state index contributed by atoms with van der Waals surface area (Å²) < 4.78 is 11.6. The Morgan fingerprint density at radius 3 is 1.68 bits per heavy atom. The first-order valence-electron chi connectivity index (χ1n) is 13.9. The third-order valence-corrected chi connectivity index (χ3v) is 8.87. The van der Waals surface area contributed by atoms with E-state index in [9.17, 15) is 0 Å². The molecular weight excluding hydrogens is 488 g/mol. The SMILES string of the molecule is CC1(n2c3ccccc3c3ccccc32)C=Cc2oc3c(-n4c5ccccc5c5ccccc54)cccc3c2C1.